The maximum atomic E-state index is 12.5. The van der Waals surface area contributed by atoms with Crippen LogP contribution in [0, 0.1) is 0 Å². The van der Waals surface area contributed by atoms with Crippen LogP contribution in [0.1, 0.15) is 19.5 Å². The van der Waals surface area contributed by atoms with E-state index in [-0.39, 0.29) is 5.75 Å². The molecule has 2 heterocycles. The number of piperazine rings is 1. The first-order valence-corrected chi connectivity index (χ1v) is 10.2. The van der Waals surface area contributed by atoms with Gasteiger partial charge in [-0.05, 0) is 13.8 Å². The van der Waals surface area contributed by atoms with E-state index in [0.717, 1.165) is 12.5 Å². The smallest absolute Gasteiger partial charge is 0.220 e. The van der Waals surface area contributed by atoms with Gasteiger partial charge in [-0.3, -0.25) is 4.99 Å². The molecule has 10 heteroatoms. The molecule has 0 spiro atoms. The van der Waals surface area contributed by atoms with Gasteiger partial charge in [0.1, 0.15) is 12.0 Å². The monoisotopic (exact) mass is 373 g/mol. The van der Waals surface area contributed by atoms with Gasteiger partial charge in [0.2, 0.25) is 10.0 Å². The Morgan fingerprint density at radius 3 is 2.72 bits per heavy atom. The van der Waals surface area contributed by atoms with Crippen molar-refractivity contribution in [1.82, 2.24) is 19.7 Å². The highest BCUT2D eigenvalue weighted by atomic mass is 32.2. The highest BCUT2D eigenvalue weighted by Gasteiger charge is 2.28. The minimum atomic E-state index is -3.39. The molecule has 1 aliphatic heterocycles. The molecule has 25 heavy (non-hydrogen) atoms. The molecule has 2 rings (SSSR count). The Morgan fingerprint density at radius 2 is 2.12 bits per heavy atom. The molecule has 1 saturated heterocycles. The molecule has 142 valence electrons. The van der Waals surface area contributed by atoms with Crippen molar-refractivity contribution in [3.05, 3.63) is 18.0 Å². The van der Waals surface area contributed by atoms with Crippen molar-refractivity contribution in [2.24, 2.45) is 4.99 Å². The minimum Gasteiger partial charge on any atom is -0.380 e. The molecule has 1 aromatic heterocycles. The van der Waals surface area contributed by atoms with Crippen LogP contribution in [0.4, 0.5) is 0 Å². The first-order chi connectivity index (χ1) is 12.1. The summed E-state index contributed by atoms with van der Waals surface area (Å²) in [5.41, 5.74) is 0.424. The van der Waals surface area contributed by atoms with Gasteiger partial charge in [0.15, 0.2) is 5.96 Å². The van der Waals surface area contributed by atoms with Crippen molar-refractivity contribution >= 4 is 16.0 Å². The SMILES string of the molecule is CCNC(=NCCOCC)N1CCN(S(=O)(=O)Cc2ccon2)CC1. The van der Waals surface area contributed by atoms with Crippen molar-refractivity contribution in [3.63, 3.8) is 0 Å². The summed E-state index contributed by atoms with van der Waals surface area (Å²) in [7, 11) is -3.39. The van der Waals surface area contributed by atoms with Crippen LogP contribution >= 0.6 is 0 Å². The molecule has 0 aliphatic carbocycles. The van der Waals surface area contributed by atoms with E-state index in [4.69, 9.17) is 9.26 Å². The lowest BCUT2D eigenvalue weighted by Crippen LogP contribution is -2.54. The van der Waals surface area contributed by atoms with Crippen molar-refractivity contribution in [3.8, 4) is 0 Å². The number of guanidine groups is 1. The molecule has 1 aromatic rings. The number of nitrogens with one attached hydrogen (secondary N) is 1. The zero-order valence-corrected chi connectivity index (χ0v) is 15.7. The fourth-order valence-corrected chi connectivity index (χ4v) is 3.98. The molecule has 0 aromatic carbocycles. The highest BCUT2D eigenvalue weighted by molar-refractivity contribution is 7.88. The number of hydrogen-bond acceptors (Lipinski definition) is 6. The van der Waals surface area contributed by atoms with Crippen LogP contribution in [-0.2, 0) is 20.5 Å². The minimum absolute atomic E-state index is 0.133. The number of sulfonamides is 1. The number of aromatic nitrogens is 1. The van der Waals surface area contributed by atoms with E-state index >= 15 is 0 Å². The zero-order chi connectivity index (χ0) is 18.1. The third kappa shape index (κ3) is 5.98. The fraction of sp³-hybridized carbons (Fsp3) is 0.733. The first kappa shape index (κ1) is 19.7. The zero-order valence-electron chi connectivity index (χ0n) is 14.8. The topological polar surface area (TPSA) is 100 Å². The fourth-order valence-electron chi connectivity index (χ4n) is 2.55. The number of ether oxygens (including phenoxy) is 1. The number of rotatable bonds is 8. The molecule has 0 unspecified atom stereocenters. The van der Waals surface area contributed by atoms with Crippen molar-refractivity contribution in [2.45, 2.75) is 19.6 Å². The molecule has 0 radical (unpaired) electrons. The standard InChI is InChI=1S/C15H27N5O4S/c1-3-16-15(17-6-12-23-4-2)19-7-9-20(10-8-19)25(21,22)13-14-5-11-24-18-14/h5,11H,3-4,6-10,12-13H2,1-2H3,(H,16,17). The van der Waals surface area contributed by atoms with E-state index < -0.39 is 10.0 Å². The van der Waals surface area contributed by atoms with Crippen LogP contribution in [0.15, 0.2) is 21.8 Å². The molecule has 9 nitrogen and oxygen atoms in total. The molecule has 0 saturated carbocycles. The molecular weight excluding hydrogens is 346 g/mol. The summed E-state index contributed by atoms with van der Waals surface area (Å²) in [6.45, 7) is 8.61. The van der Waals surface area contributed by atoms with E-state index in [2.05, 4.69) is 20.4 Å². The van der Waals surface area contributed by atoms with Gasteiger partial charge in [0, 0.05) is 45.4 Å². The average molecular weight is 373 g/mol. The Labute approximate surface area is 149 Å². The highest BCUT2D eigenvalue weighted by Crippen LogP contribution is 2.12. The predicted octanol–water partition coefficient (Wildman–Crippen LogP) is 0.124. The van der Waals surface area contributed by atoms with Gasteiger partial charge in [-0.15, -0.1) is 0 Å². The van der Waals surface area contributed by atoms with E-state index in [1.807, 2.05) is 13.8 Å². The van der Waals surface area contributed by atoms with Gasteiger partial charge in [0.05, 0.1) is 18.8 Å². The van der Waals surface area contributed by atoms with E-state index in [1.54, 1.807) is 6.07 Å². The lowest BCUT2D eigenvalue weighted by molar-refractivity contribution is 0.155. The van der Waals surface area contributed by atoms with Gasteiger partial charge in [-0.1, -0.05) is 5.16 Å². The van der Waals surface area contributed by atoms with Crippen LogP contribution in [0.5, 0.6) is 0 Å². The summed E-state index contributed by atoms with van der Waals surface area (Å²) >= 11 is 0. The lowest BCUT2D eigenvalue weighted by atomic mass is 10.4. The van der Waals surface area contributed by atoms with Crippen LogP contribution in [0.3, 0.4) is 0 Å². The Bertz CT molecular complexity index is 624. The lowest BCUT2D eigenvalue weighted by Gasteiger charge is -2.35. The largest absolute Gasteiger partial charge is 0.380 e. The van der Waals surface area contributed by atoms with Gasteiger partial charge in [-0.2, -0.15) is 4.31 Å². The summed E-state index contributed by atoms with van der Waals surface area (Å²) in [6.07, 6.45) is 1.38. The van der Waals surface area contributed by atoms with Crippen LogP contribution in [0.25, 0.3) is 0 Å². The second kappa shape index (κ2) is 9.73. The summed E-state index contributed by atoms with van der Waals surface area (Å²) in [5.74, 6) is 0.669. The maximum absolute atomic E-state index is 12.5. The Hall–Kier alpha value is -1.65. The van der Waals surface area contributed by atoms with Crippen molar-refractivity contribution < 1.29 is 17.7 Å². The summed E-state index contributed by atoms with van der Waals surface area (Å²) < 4.78 is 36.4. The second-order valence-corrected chi connectivity index (χ2v) is 7.53. The Morgan fingerprint density at radius 1 is 1.36 bits per heavy atom. The van der Waals surface area contributed by atoms with E-state index in [0.29, 0.717) is 51.6 Å². The molecule has 1 fully saturated rings. The summed E-state index contributed by atoms with van der Waals surface area (Å²) in [6, 6.07) is 1.57. The third-order valence-corrected chi connectivity index (χ3v) is 5.60. The third-order valence-electron chi connectivity index (χ3n) is 3.79. The van der Waals surface area contributed by atoms with Crippen molar-refractivity contribution in [1.29, 1.82) is 0 Å². The van der Waals surface area contributed by atoms with Crippen LogP contribution in [0.2, 0.25) is 0 Å². The quantitative estimate of drug-likeness (QED) is 0.392. The van der Waals surface area contributed by atoms with Gasteiger partial charge >= 0.3 is 0 Å². The van der Waals surface area contributed by atoms with E-state index in [1.165, 1.54) is 10.6 Å². The molecular formula is C15H27N5O4S. The Kier molecular flexibility index (Phi) is 7.66. The number of nitrogens with zero attached hydrogens (tertiary/aromatic N) is 4. The average Bonchev–Trinajstić information content (AvgIpc) is 3.10. The number of aliphatic imine (C=N–C) groups is 1. The predicted molar refractivity (Wildman–Crippen MR) is 94.7 cm³/mol. The Balaban J connectivity index is 1.90. The second-order valence-electron chi connectivity index (χ2n) is 5.57. The van der Waals surface area contributed by atoms with Gasteiger partial charge < -0.3 is 19.5 Å². The molecule has 1 N–H and O–H groups in total. The normalized spacial score (nSPS) is 17.0. The summed E-state index contributed by atoms with van der Waals surface area (Å²) in [5, 5.41) is 6.93. The van der Waals surface area contributed by atoms with Crippen LogP contribution in [-0.4, -0.2) is 81.2 Å². The molecule has 0 atom stereocenters. The first-order valence-electron chi connectivity index (χ1n) is 8.55. The molecule has 1 aliphatic rings. The van der Waals surface area contributed by atoms with Gasteiger partial charge in [0.25, 0.3) is 0 Å². The van der Waals surface area contributed by atoms with Gasteiger partial charge in [-0.25, -0.2) is 8.42 Å². The summed E-state index contributed by atoms with van der Waals surface area (Å²) in [4.78, 5) is 6.62. The maximum Gasteiger partial charge on any atom is 0.220 e. The van der Waals surface area contributed by atoms with Crippen molar-refractivity contribution in [2.75, 3.05) is 52.5 Å². The van der Waals surface area contributed by atoms with E-state index in [9.17, 15) is 8.42 Å². The molecule has 0 bridgehead atoms. The molecule has 0 amide bonds. The van der Waals surface area contributed by atoms with Crippen LogP contribution < -0.4 is 5.32 Å². The number of hydrogen-bond donors (Lipinski definition) is 1.